The van der Waals surface area contributed by atoms with Crippen LogP contribution in [0, 0.1) is 24.0 Å². The van der Waals surface area contributed by atoms with Gasteiger partial charge in [-0.1, -0.05) is 17.7 Å². The number of nitro benzene ring substituents is 1. The van der Waals surface area contributed by atoms with Gasteiger partial charge in [0, 0.05) is 12.3 Å². The Morgan fingerprint density at radius 3 is 2.52 bits per heavy atom. The molecule has 2 aromatic rings. The molecule has 1 aromatic carbocycles. The zero-order valence-electron chi connectivity index (χ0n) is 14.1. The highest BCUT2D eigenvalue weighted by molar-refractivity contribution is 6.30. The van der Waals surface area contributed by atoms with Gasteiger partial charge in [0.1, 0.15) is 17.3 Å². The molecule has 0 saturated carbocycles. The smallest absolute Gasteiger partial charge is 0.319 e. The Bertz CT molecular complexity index is 986. The number of nitrogens with zero attached hydrogens (tertiary/aromatic N) is 2. The number of aromatic nitrogens is 1. The number of amides is 1. The Morgan fingerprint density at radius 1 is 1.33 bits per heavy atom. The second-order valence-electron chi connectivity index (χ2n) is 5.71. The molecule has 27 heavy (non-hydrogen) atoms. The van der Waals surface area contributed by atoms with Gasteiger partial charge in [-0.3, -0.25) is 19.7 Å². The first kappa shape index (κ1) is 20.4. The number of carbonyl (C=O) groups excluding carboxylic acids is 1. The molecule has 0 saturated heterocycles. The van der Waals surface area contributed by atoms with Crippen molar-refractivity contribution in [3.63, 3.8) is 0 Å². The fourth-order valence-corrected chi connectivity index (χ4v) is 2.54. The monoisotopic (exact) mass is 403 g/mol. The lowest BCUT2D eigenvalue weighted by Gasteiger charge is -2.13. The Balaban J connectivity index is 2.38. The van der Waals surface area contributed by atoms with Crippen LogP contribution in [-0.4, -0.2) is 15.4 Å². The first-order chi connectivity index (χ1) is 12.4. The number of nitrogens with one attached hydrogen (secondary N) is 1. The molecule has 0 bridgehead atoms. The van der Waals surface area contributed by atoms with Gasteiger partial charge in [0.25, 0.3) is 11.2 Å². The predicted molar refractivity (Wildman–Crippen MR) is 91.9 cm³/mol. The molecule has 0 radical (unpaired) electrons. The zero-order valence-corrected chi connectivity index (χ0v) is 14.8. The van der Waals surface area contributed by atoms with Crippen LogP contribution < -0.4 is 10.9 Å². The Kier molecular flexibility index (Phi) is 5.59. The minimum atomic E-state index is -4.76. The van der Waals surface area contributed by atoms with Gasteiger partial charge in [-0.15, -0.1) is 0 Å². The summed E-state index contributed by atoms with van der Waals surface area (Å²) in [6, 6.07) is 3.17. The summed E-state index contributed by atoms with van der Waals surface area (Å²) in [5.74, 6) is -0.913. The van der Waals surface area contributed by atoms with E-state index in [1.165, 1.54) is 12.1 Å². The van der Waals surface area contributed by atoms with Gasteiger partial charge in [-0.2, -0.15) is 13.2 Å². The molecule has 1 amide bonds. The van der Waals surface area contributed by atoms with Crippen LogP contribution in [0.1, 0.15) is 16.7 Å². The van der Waals surface area contributed by atoms with Crippen molar-refractivity contribution in [2.24, 2.45) is 0 Å². The van der Waals surface area contributed by atoms with Gasteiger partial charge in [0.05, 0.1) is 10.5 Å². The lowest BCUT2D eigenvalue weighted by atomic mass is 10.1. The molecular weight excluding hydrogens is 391 g/mol. The first-order valence-corrected chi connectivity index (χ1v) is 7.81. The number of anilines is 1. The van der Waals surface area contributed by atoms with Crippen molar-refractivity contribution < 1.29 is 22.9 Å². The highest BCUT2D eigenvalue weighted by atomic mass is 35.5. The molecule has 144 valence electrons. The van der Waals surface area contributed by atoms with E-state index in [-0.39, 0.29) is 11.4 Å². The zero-order chi connectivity index (χ0) is 20.5. The van der Waals surface area contributed by atoms with E-state index in [2.05, 4.69) is 5.32 Å². The largest absolute Gasteiger partial charge is 0.417 e. The van der Waals surface area contributed by atoms with Gasteiger partial charge in [-0.05, 0) is 31.0 Å². The molecule has 11 heteroatoms. The van der Waals surface area contributed by atoms with Crippen molar-refractivity contribution >= 4 is 28.9 Å². The van der Waals surface area contributed by atoms with Gasteiger partial charge in [-0.25, -0.2) is 0 Å². The van der Waals surface area contributed by atoms with Crippen molar-refractivity contribution in [2.75, 3.05) is 5.32 Å². The van der Waals surface area contributed by atoms with Crippen molar-refractivity contribution in [1.29, 1.82) is 0 Å². The summed E-state index contributed by atoms with van der Waals surface area (Å²) in [5, 5.41) is 12.7. The van der Waals surface area contributed by atoms with Crippen LogP contribution in [0.3, 0.4) is 0 Å². The molecule has 7 nitrogen and oxygen atoms in total. The van der Waals surface area contributed by atoms with E-state index in [0.717, 1.165) is 0 Å². The molecule has 2 rings (SSSR count). The molecule has 0 aliphatic carbocycles. The fraction of sp³-hybridized carbons (Fsp3) is 0.250. The molecule has 0 atom stereocenters. The number of aryl methyl sites for hydroxylation is 1. The van der Waals surface area contributed by atoms with Crippen LogP contribution in [0.2, 0.25) is 5.02 Å². The molecule has 0 spiro atoms. The molecule has 1 heterocycles. The highest BCUT2D eigenvalue weighted by Gasteiger charge is 2.32. The number of pyridine rings is 1. The fourth-order valence-electron chi connectivity index (χ4n) is 2.32. The maximum atomic E-state index is 12.9. The van der Waals surface area contributed by atoms with Crippen molar-refractivity contribution in [1.82, 2.24) is 4.57 Å². The standard InChI is InChI=1S/C16H13ClF3N3O4/c1-8-3-4-12(23(26)27)14(9(8)2)21-13(24)7-22-6-10(16(18,19)20)5-11(17)15(22)25/h3-6H,7H2,1-2H3,(H,21,24). The molecule has 0 aliphatic heterocycles. The normalized spacial score (nSPS) is 11.3. The van der Waals surface area contributed by atoms with Crippen LogP contribution in [0.25, 0.3) is 0 Å². The van der Waals surface area contributed by atoms with E-state index in [0.29, 0.717) is 28.0 Å². The quantitative estimate of drug-likeness (QED) is 0.622. The van der Waals surface area contributed by atoms with Crippen LogP contribution in [0.4, 0.5) is 24.5 Å². The second-order valence-corrected chi connectivity index (χ2v) is 6.12. The third-order valence-corrected chi connectivity index (χ3v) is 4.13. The van der Waals surface area contributed by atoms with E-state index in [1.54, 1.807) is 13.8 Å². The summed E-state index contributed by atoms with van der Waals surface area (Å²) in [7, 11) is 0. The number of carbonyl (C=O) groups is 1. The van der Waals surface area contributed by atoms with E-state index in [1.807, 2.05) is 0 Å². The highest BCUT2D eigenvalue weighted by Crippen LogP contribution is 2.31. The number of alkyl halides is 3. The summed E-state index contributed by atoms with van der Waals surface area (Å²) < 4.78 is 39.1. The number of rotatable bonds is 4. The lowest BCUT2D eigenvalue weighted by molar-refractivity contribution is -0.384. The summed E-state index contributed by atoms with van der Waals surface area (Å²) >= 11 is 5.53. The summed E-state index contributed by atoms with van der Waals surface area (Å²) in [6.45, 7) is 2.42. The number of benzene rings is 1. The maximum absolute atomic E-state index is 12.9. The molecule has 0 unspecified atom stereocenters. The SMILES string of the molecule is Cc1ccc([N+](=O)[O-])c(NC(=O)Cn2cc(C(F)(F)F)cc(Cl)c2=O)c1C. The van der Waals surface area contributed by atoms with Crippen molar-refractivity contribution in [2.45, 2.75) is 26.6 Å². The minimum Gasteiger partial charge on any atom is -0.319 e. The predicted octanol–water partition coefficient (Wildman–Crippen LogP) is 3.68. The number of nitro groups is 1. The van der Waals surface area contributed by atoms with Gasteiger partial charge < -0.3 is 9.88 Å². The van der Waals surface area contributed by atoms with Crippen LogP contribution in [0.15, 0.2) is 29.2 Å². The summed E-state index contributed by atoms with van der Waals surface area (Å²) in [5.41, 5.74) is -1.56. The molecule has 1 N–H and O–H groups in total. The average Bonchev–Trinajstić information content (AvgIpc) is 2.54. The van der Waals surface area contributed by atoms with Gasteiger partial charge in [0.15, 0.2) is 0 Å². The second kappa shape index (κ2) is 7.39. The summed E-state index contributed by atoms with van der Waals surface area (Å²) in [4.78, 5) is 34.6. The third kappa shape index (κ3) is 4.45. The van der Waals surface area contributed by atoms with E-state index in [4.69, 9.17) is 11.6 Å². The van der Waals surface area contributed by atoms with Crippen molar-refractivity contribution in [3.8, 4) is 0 Å². The number of halogens is 4. The Morgan fingerprint density at radius 2 is 1.96 bits per heavy atom. The van der Waals surface area contributed by atoms with E-state index >= 15 is 0 Å². The molecule has 0 fully saturated rings. The van der Waals surface area contributed by atoms with Crippen molar-refractivity contribution in [3.05, 3.63) is 66.6 Å². The van der Waals surface area contributed by atoms with E-state index in [9.17, 15) is 32.9 Å². The van der Waals surface area contributed by atoms with Gasteiger partial charge in [0.2, 0.25) is 5.91 Å². The van der Waals surface area contributed by atoms with Crippen LogP contribution in [0.5, 0.6) is 0 Å². The topological polar surface area (TPSA) is 94.2 Å². The third-order valence-electron chi connectivity index (χ3n) is 3.86. The first-order valence-electron chi connectivity index (χ1n) is 7.43. The molecule has 0 aliphatic rings. The Hall–Kier alpha value is -2.88. The van der Waals surface area contributed by atoms with Gasteiger partial charge >= 0.3 is 6.18 Å². The average molecular weight is 404 g/mol. The molecule has 1 aromatic heterocycles. The maximum Gasteiger partial charge on any atom is 0.417 e. The number of hydrogen-bond donors (Lipinski definition) is 1. The van der Waals surface area contributed by atoms with E-state index < -0.39 is 39.7 Å². The lowest BCUT2D eigenvalue weighted by Crippen LogP contribution is -2.29. The number of hydrogen-bond acceptors (Lipinski definition) is 4. The van der Waals surface area contributed by atoms with Crippen LogP contribution in [-0.2, 0) is 17.5 Å². The van der Waals surface area contributed by atoms with Crippen LogP contribution >= 0.6 is 11.6 Å². The Labute approximate surface area is 155 Å². The summed E-state index contributed by atoms with van der Waals surface area (Å²) in [6.07, 6.45) is -4.30. The molecular formula is C16H13ClF3N3O4. The minimum absolute atomic E-state index is 0.0869.